The molecule has 3 rings (SSSR count). The van der Waals surface area contributed by atoms with Gasteiger partial charge in [-0.2, -0.15) is 0 Å². The van der Waals surface area contributed by atoms with Crippen LogP contribution in [0.3, 0.4) is 0 Å². The lowest BCUT2D eigenvalue weighted by molar-refractivity contribution is -0.449. The van der Waals surface area contributed by atoms with Gasteiger partial charge in [0.25, 0.3) is 0 Å². The molecule has 0 aromatic carbocycles. The van der Waals surface area contributed by atoms with Gasteiger partial charge in [0, 0.05) is 0 Å². The SMILES string of the molecule is CN[C@@H]1[C@H](O)[C@H](NC)C2OC3(O)C(OC2[C@H]1O)O[C@H](C)C[C@H]3NCCC(C)C. The first-order valence-corrected chi connectivity index (χ1v) is 10.4. The molecule has 9 nitrogen and oxygen atoms in total. The number of likely N-dealkylation sites (N-methyl/N-ethyl adjacent to an activating group) is 2. The predicted octanol–water partition coefficient (Wildman–Crippen LogP) is -1.49. The van der Waals surface area contributed by atoms with E-state index in [1.165, 1.54) is 0 Å². The minimum atomic E-state index is -1.70. The van der Waals surface area contributed by atoms with Crippen LogP contribution in [-0.2, 0) is 14.2 Å². The highest BCUT2D eigenvalue weighted by atomic mass is 16.8. The Morgan fingerprint density at radius 2 is 1.71 bits per heavy atom. The van der Waals surface area contributed by atoms with Crippen molar-refractivity contribution in [2.24, 2.45) is 5.92 Å². The smallest absolute Gasteiger partial charge is 0.234 e. The number of aliphatic hydroxyl groups excluding tert-OH is 2. The Labute approximate surface area is 167 Å². The van der Waals surface area contributed by atoms with E-state index in [1.54, 1.807) is 14.1 Å². The van der Waals surface area contributed by atoms with Gasteiger partial charge in [-0.05, 0) is 46.3 Å². The molecule has 9 heteroatoms. The van der Waals surface area contributed by atoms with E-state index in [4.69, 9.17) is 14.2 Å². The Kier molecular flexibility index (Phi) is 7.01. The Hall–Kier alpha value is -0.360. The van der Waals surface area contributed by atoms with Crippen molar-refractivity contribution in [2.45, 2.75) is 94.3 Å². The molecule has 0 aromatic rings. The van der Waals surface area contributed by atoms with E-state index >= 15 is 0 Å². The average molecular weight is 404 g/mol. The molecule has 3 aliphatic rings. The van der Waals surface area contributed by atoms with Crippen LogP contribution in [0.1, 0.15) is 33.6 Å². The summed E-state index contributed by atoms with van der Waals surface area (Å²) >= 11 is 0. The molecule has 6 N–H and O–H groups in total. The fourth-order valence-corrected chi connectivity index (χ4v) is 4.63. The van der Waals surface area contributed by atoms with Crippen molar-refractivity contribution in [1.29, 1.82) is 0 Å². The van der Waals surface area contributed by atoms with E-state index < -0.39 is 48.6 Å². The molecule has 164 valence electrons. The summed E-state index contributed by atoms with van der Waals surface area (Å²) < 4.78 is 18.1. The molecule has 28 heavy (non-hydrogen) atoms. The molecule has 2 aliphatic heterocycles. The zero-order chi connectivity index (χ0) is 20.6. The van der Waals surface area contributed by atoms with Crippen LogP contribution in [0, 0.1) is 5.92 Å². The van der Waals surface area contributed by atoms with E-state index in [1.807, 2.05) is 6.92 Å². The van der Waals surface area contributed by atoms with Gasteiger partial charge in [-0.3, -0.25) is 0 Å². The van der Waals surface area contributed by atoms with Gasteiger partial charge in [0.05, 0.1) is 30.3 Å². The van der Waals surface area contributed by atoms with Gasteiger partial charge < -0.3 is 45.5 Å². The lowest BCUT2D eigenvalue weighted by Gasteiger charge is -2.58. The second-order valence-corrected chi connectivity index (χ2v) is 8.75. The maximum atomic E-state index is 11.4. The topological polar surface area (TPSA) is 124 Å². The number of fused-ring (bicyclic) bond motifs is 2. The van der Waals surface area contributed by atoms with Gasteiger partial charge in [-0.15, -0.1) is 0 Å². The lowest BCUT2D eigenvalue weighted by Crippen LogP contribution is -2.79. The molecule has 0 bridgehead atoms. The molecule has 0 amide bonds. The first kappa shape index (κ1) is 22.3. The normalized spacial score (nSPS) is 49.0. The molecular weight excluding hydrogens is 366 g/mol. The number of rotatable bonds is 6. The van der Waals surface area contributed by atoms with Crippen molar-refractivity contribution in [3.05, 3.63) is 0 Å². The summed E-state index contributed by atoms with van der Waals surface area (Å²) in [6.07, 6.45) is -3.00. The molecule has 10 atom stereocenters. The van der Waals surface area contributed by atoms with Crippen molar-refractivity contribution in [3.63, 3.8) is 0 Å². The summed E-state index contributed by atoms with van der Waals surface area (Å²) in [4.78, 5) is 0. The second kappa shape index (κ2) is 8.79. The second-order valence-electron chi connectivity index (χ2n) is 8.75. The van der Waals surface area contributed by atoms with E-state index in [-0.39, 0.29) is 12.1 Å². The largest absolute Gasteiger partial charge is 0.390 e. The summed E-state index contributed by atoms with van der Waals surface area (Å²) in [5.74, 6) is -1.16. The zero-order valence-electron chi connectivity index (χ0n) is 17.5. The molecule has 1 aliphatic carbocycles. The highest BCUT2D eigenvalue weighted by Crippen LogP contribution is 2.41. The summed E-state index contributed by atoms with van der Waals surface area (Å²) in [6.45, 7) is 6.97. The fourth-order valence-electron chi connectivity index (χ4n) is 4.63. The minimum Gasteiger partial charge on any atom is -0.390 e. The first-order chi connectivity index (χ1) is 13.2. The average Bonchev–Trinajstić information content (AvgIpc) is 2.62. The van der Waals surface area contributed by atoms with Gasteiger partial charge in [0.2, 0.25) is 12.1 Å². The highest BCUT2D eigenvalue weighted by molar-refractivity contribution is 5.10. The molecule has 3 fully saturated rings. The third kappa shape index (κ3) is 3.97. The van der Waals surface area contributed by atoms with E-state index in [0.717, 1.165) is 13.0 Å². The van der Waals surface area contributed by atoms with Crippen LogP contribution >= 0.6 is 0 Å². The first-order valence-electron chi connectivity index (χ1n) is 10.4. The highest BCUT2D eigenvalue weighted by Gasteiger charge is 2.63. The van der Waals surface area contributed by atoms with Crippen LogP contribution in [-0.4, -0.2) is 96.7 Å². The Morgan fingerprint density at radius 3 is 2.32 bits per heavy atom. The van der Waals surface area contributed by atoms with Crippen LogP contribution in [0.25, 0.3) is 0 Å². The van der Waals surface area contributed by atoms with Crippen molar-refractivity contribution in [3.8, 4) is 0 Å². The summed E-state index contributed by atoms with van der Waals surface area (Å²) in [5.41, 5.74) is 0. The van der Waals surface area contributed by atoms with Crippen molar-refractivity contribution >= 4 is 0 Å². The maximum Gasteiger partial charge on any atom is 0.234 e. The summed E-state index contributed by atoms with van der Waals surface area (Å²) in [5, 5.41) is 42.3. The molecule has 0 spiro atoms. The number of hydrogen-bond acceptors (Lipinski definition) is 9. The van der Waals surface area contributed by atoms with Crippen molar-refractivity contribution < 1.29 is 29.5 Å². The van der Waals surface area contributed by atoms with Crippen molar-refractivity contribution in [1.82, 2.24) is 16.0 Å². The molecule has 2 saturated heterocycles. The molecule has 1 saturated carbocycles. The number of aliphatic hydroxyl groups is 3. The molecule has 0 radical (unpaired) electrons. The van der Waals surface area contributed by atoms with Crippen molar-refractivity contribution in [2.75, 3.05) is 20.6 Å². The molecule has 0 aromatic heterocycles. The van der Waals surface area contributed by atoms with Gasteiger partial charge in [-0.25, -0.2) is 0 Å². The predicted molar refractivity (Wildman–Crippen MR) is 103 cm³/mol. The standard InChI is InChI=1S/C19H37N3O6/c1-9(2)6-7-22-11-8-10(3)26-18-19(11,25)28-16-13(21-5)14(23)12(20-4)15(24)17(16)27-18/h9-18,20-25H,6-8H2,1-5H3/t10-,11-,12-,13+,14+,15+,16?,17?,18?,19?/m1/s1. The number of nitrogens with one attached hydrogen (secondary N) is 3. The fraction of sp³-hybridized carbons (Fsp3) is 1.00. The van der Waals surface area contributed by atoms with Crippen LogP contribution in [0.15, 0.2) is 0 Å². The third-order valence-corrected chi connectivity index (χ3v) is 6.26. The van der Waals surface area contributed by atoms with E-state index in [9.17, 15) is 15.3 Å². The van der Waals surface area contributed by atoms with Gasteiger partial charge in [0.1, 0.15) is 18.3 Å². The summed E-state index contributed by atoms with van der Waals surface area (Å²) in [6, 6.07) is -1.49. The lowest BCUT2D eigenvalue weighted by atomic mass is 9.79. The third-order valence-electron chi connectivity index (χ3n) is 6.26. The van der Waals surface area contributed by atoms with Crippen LogP contribution < -0.4 is 16.0 Å². The van der Waals surface area contributed by atoms with E-state index in [2.05, 4.69) is 29.8 Å². The van der Waals surface area contributed by atoms with Gasteiger partial charge >= 0.3 is 0 Å². The number of hydrogen-bond donors (Lipinski definition) is 6. The molecule has 2 heterocycles. The van der Waals surface area contributed by atoms with Crippen LogP contribution in [0.2, 0.25) is 0 Å². The summed E-state index contributed by atoms with van der Waals surface area (Å²) in [7, 11) is 3.39. The van der Waals surface area contributed by atoms with E-state index in [0.29, 0.717) is 12.3 Å². The minimum absolute atomic E-state index is 0.131. The maximum absolute atomic E-state index is 11.4. The van der Waals surface area contributed by atoms with Crippen LogP contribution in [0.4, 0.5) is 0 Å². The van der Waals surface area contributed by atoms with Gasteiger partial charge in [0.15, 0.2) is 0 Å². The zero-order valence-corrected chi connectivity index (χ0v) is 17.5. The quantitative estimate of drug-likeness (QED) is 0.315. The molecule has 4 unspecified atom stereocenters. The molecular formula is C19H37N3O6. The Bertz CT molecular complexity index is 526. The Morgan fingerprint density at radius 1 is 1.04 bits per heavy atom. The number of ether oxygens (including phenoxy) is 3. The Balaban J connectivity index is 1.83. The van der Waals surface area contributed by atoms with Gasteiger partial charge in [-0.1, -0.05) is 13.8 Å². The monoisotopic (exact) mass is 403 g/mol. The van der Waals surface area contributed by atoms with Crippen LogP contribution in [0.5, 0.6) is 0 Å².